The average Bonchev–Trinajstić information content (AvgIpc) is 2.92. The molecule has 0 radical (unpaired) electrons. The topological polar surface area (TPSA) is 41.6 Å². The van der Waals surface area contributed by atoms with E-state index in [2.05, 4.69) is 31.8 Å². The van der Waals surface area contributed by atoms with Gasteiger partial charge in [-0.2, -0.15) is 5.10 Å². The van der Waals surface area contributed by atoms with Gasteiger partial charge in [-0.3, -0.25) is 5.01 Å². The Hall–Kier alpha value is -1.51. The molecule has 1 fully saturated rings. The van der Waals surface area contributed by atoms with Gasteiger partial charge in [0.2, 0.25) is 0 Å². The Morgan fingerprint density at radius 2 is 2.05 bits per heavy atom. The van der Waals surface area contributed by atoms with Crippen LogP contribution < -0.4 is 5.73 Å². The van der Waals surface area contributed by atoms with Gasteiger partial charge < -0.3 is 5.73 Å². The lowest BCUT2D eigenvalue weighted by Crippen LogP contribution is -2.29. The smallest absolute Gasteiger partial charge is 0.0667 e. The fourth-order valence-electron chi connectivity index (χ4n) is 2.84. The normalized spacial score (nSPS) is 16.9. The molecular formula is C16H25N3. The van der Waals surface area contributed by atoms with Crippen LogP contribution in [0.15, 0.2) is 23.3 Å². The SMILES string of the molecule is CCN(/N=C(\C)c1cc(C)ccc1N)C1CCCC1. The molecule has 3 nitrogen and oxygen atoms in total. The molecule has 0 bridgehead atoms. The molecule has 1 aliphatic rings. The van der Waals surface area contributed by atoms with Crippen LogP contribution >= 0.6 is 0 Å². The summed E-state index contributed by atoms with van der Waals surface area (Å²) >= 11 is 0. The summed E-state index contributed by atoms with van der Waals surface area (Å²) in [5, 5.41) is 7.06. The van der Waals surface area contributed by atoms with Crippen molar-refractivity contribution in [2.24, 2.45) is 5.10 Å². The van der Waals surface area contributed by atoms with Crippen LogP contribution in [0.2, 0.25) is 0 Å². The van der Waals surface area contributed by atoms with E-state index >= 15 is 0 Å². The molecule has 0 saturated heterocycles. The quantitative estimate of drug-likeness (QED) is 0.510. The molecule has 0 spiro atoms. The number of anilines is 1. The van der Waals surface area contributed by atoms with Crippen LogP contribution in [0, 0.1) is 6.92 Å². The third-order valence-corrected chi connectivity index (χ3v) is 3.95. The van der Waals surface area contributed by atoms with Crippen LogP contribution in [-0.2, 0) is 0 Å². The third kappa shape index (κ3) is 3.28. The molecule has 1 aliphatic carbocycles. The van der Waals surface area contributed by atoms with Gasteiger partial charge in [-0.25, -0.2) is 0 Å². The predicted octanol–water partition coefficient (Wildman–Crippen LogP) is 3.57. The average molecular weight is 259 g/mol. The number of benzene rings is 1. The van der Waals surface area contributed by atoms with Crippen LogP contribution in [0.5, 0.6) is 0 Å². The van der Waals surface area contributed by atoms with Crippen LogP contribution in [0.1, 0.15) is 50.7 Å². The number of nitrogens with two attached hydrogens (primary N) is 1. The van der Waals surface area contributed by atoms with E-state index in [4.69, 9.17) is 10.8 Å². The van der Waals surface area contributed by atoms with Crippen LogP contribution in [0.3, 0.4) is 0 Å². The first kappa shape index (κ1) is 13.9. The van der Waals surface area contributed by atoms with Crippen LogP contribution in [0.4, 0.5) is 5.69 Å². The molecular weight excluding hydrogens is 234 g/mol. The van der Waals surface area contributed by atoms with Crippen molar-refractivity contribution < 1.29 is 0 Å². The highest BCUT2D eigenvalue weighted by atomic mass is 15.5. The van der Waals surface area contributed by atoms with E-state index in [9.17, 15) is 0 Å². The number of nitrogen functional groups attached to an aromatic ring is 1. The first-order valence-corrected chi connectivity index (χ1v) is 7.30. The van der Waals surface area contributed by atoms with E-state index in [1.165, 1.54) is 31.2 Å². The van der Waals surface area contributed by atoms with E-state index in [-0.39, 0.29) is 0 Å². The zero-order valence-electron chi connectivity index (χ0n) is 12.3. The van der Waals surface area contributed by atoms with Crippen LogP contribution in [0.25, 0.3) is 0 Å². The maximum absolute atomic E-state index is 6.06. The van der Waals surface area contributed by atoms with E-state index in [1.54, 1.807) is 0 Å². The second kappa shape index (κ2) is 6.09. The fraction of sp³-hybridized carbons (Fsp3) is 0.562. The molecule has 1 saturated carbocycles. The molecule has 0 unspecified atom stereocenters. The van der Waals surface area contributed by atoms with Crippen molar-refractivity contribution in [2.45, 2.75) is 52.5 Å². The highest BCUT2D eigenvalue weighted by Crippen LogP contribution is 2.24. The van der Waals surface area contributed by atoms with Crippen molar-refractivity contribution >= 4 is 11.4 Å². The third-order valence-electron chi connectivity index (χ3n) is 3.95. The van der Waals surface area contributed by atoms with Gasteiger partial charge in [0.25, 0.3) is 0 Å². The second-order valence-corrected chi connectivity index (χ2v) is 5.47. The van der Waals surface area contributed by atoms with Crippen molar-refractivity contribution in [2.75, 3.05) is 12.3 Å². The molecule has 0 atom stereocenters. The Morgan fingerprint density at radius 1 is 1.37 bits per heavy atom. The van der Waals surface area contributed by atoms with Crippen molar-refractivity contribution in [1.82, 2.24) is 5.01 Å². The summed E-state index contributed by atoms with van der Waals surface area (Å²) in [6, 6.07) is 6.75. The van der Waals surface area contributed by atoms with Gasteiger partial charge in [-0.15, -0.1) is 0 Å². The maximum Gasteiger partial charge on any atom is 0.0667 e. The van der Waals surface area contributed by atoms with Gasteiger partial charge in [0, 0.05) is 23.8 Å². The number of nitrogens with zero attached hydrogens (tertiary/aromatic N) is 2. The molecule has 0 aliphatic heterocycles. The largest absolute Gasteiger partial charge is 0.398 e. The zero-order valence-corrected chi connectivity index (χ0v) is 12.3. The Labute approximate surface area is 116 Å². The molecule has 3 heteroatoms. The summed E-state index contributed by atoms with van der Waals surface area (Å²) in [5.74, 6) is 0. The first-order chi connectivity index (χ1) is 9.11. The van der Waals surface area contributed by atoms with Crippen molar-refractivity contribution in [3.8, 4) is 0 Å². The zero-order chi connectivity index (χ0) is 13.8. The minimum absolute atomic E-state index is 0.617. The van der Waals surface area contributed by atoms with Crippen molar-refractivity contribution in [1.29, 1.82) is 0 Å². The Balaban J connectivity index is 2.22. The molecule has 104 valence electrons. The molecule has 19 heavy (non-hydrogen) atoms. The van der Waals surface area contributed by atoms with Crippen molar-refractivity contribution in [3.05, 3.63) is 29.3 Å². The number of aryl methyl sites for hydroxylation is 1. The lowest BCUT2D eigenvalue weighted by atomic mass is 10.1. The Morgan fingerprint density at radius 3 is 2.68 bits per heavy atom. The highest BCUT2D eigenvalue weighted by molar-refractivity contribution is 6.03. The monoisotopic (exact) mass is 259 g/mol. The first-order valence-electron chi connectivity index (χ1n) is 7.30. The Kier molecular flexibility index (Phi) is 4.46. The number of hydrazone groups is 1. The van der Waals surface area contributed by atoms with E-state index in [0.29, 0.717) is 6.04 Å². The van der Waals surface area contributed by atoms with Gasteiger partial charge in [0.15, 0.2) is 0 Å². The van der Waals surface area contributed by atoms with Gasteiger partial charge in [-0.05, 0) is 45.7 Å². The summed E-state index contributed by atoms with van der Waals surface area (Å²) in [6.07, 6.45) is 5.21. The molecule has 1 aromatic carbocycles. The Bertz CT molecular complexity index is 459. The van der Waals surface area contributed by atoms with Gasteiger partial charge in [0.05, 0.1) is 5.71 Å². The van der Waals surface area contributed by atoms with Crippen LogP contribution in [-0.4, -0.2) is 23.3 Å². The number of hydrogen-bond donors (Lipinski definition) is 1. The maximum atomic E-state index is 6.06. The molecule has 1 aromatic rings. The lowest BCUT2D eigenvalue weighted by molar-refractivity contribution is 0.219. The molecule has 2 rings (SSSR count). The molecule has 0 heterocycles. The molecule has 2 N–H and O–H groups in total. The minimum Gasteiger partial charge on any atom is -0.398 e. The van der Waals surface area contributed by atoms with E-state index in [0.717, 1.165) is 23.5 Å². The summed E-state index contributed by atoms with van der Waals surface area (Å²) in [4.78, 5) is 0. The standard InChI is InChI=1S/C16H25N3/c1-4-19(14-7-5-6-8-14)18-13(3)15-11-12(2)9-10-16(15)17/h9-11,14H,4-8,17H2,1-3H3/b18-13+. The molecule has 0 amide bonds. The minimum atomic E-state index is 0.617. The highest BCUT2D eigenvalue weighted by Gasteiger charge is 2.20. The number of rotatable bonds is 4. The summed E-state index contributed by atoms with van der Waals surface area (Å²) in [7, 11) is 0. The van der Waals surface area contributed by atoms with E-state index < -0.39 is 0 Å². The number of hydrogen-bond acceptors (Lipinski definition) is 3. The molecule has 0 aromatic heterocycles. The van der Waals surface area contributed by atoms with Crippen molar-refractivity contribution in [3.63, 3.8) is 0 Å². The fourth-order valence-corrected chi connectivity index (χ4v) is 2.84. The van der Waals surface area contributed by atoms with E-state index in [1.807, 2.05) is 12.1 Å². The predicted molar refractivity (Wildman–Crippen MR) is 82.4 cm³/mol. The van der Waals surface area contributed by atoms with Gasteiger partial charge in [0.1, 0.15) is 0 Å². The van der Waals surface area contributed by atoms with Gasteiger partial charge in [-0.1, -0.05) is 24.5 Å². The summed E-state index contributed by atoms with van der Waals surface area (Å²) in [6.45, 7) is 7.29. The lowest BCUT2D eigenvalue weighted by Gasteiger charge is -2.25. The van der Waals surface area contributed by atoms with Gasteiger partial charge >= 0.3 is 0 Å². The summed E-state index contributed by atoms with van der Waals surface area (Å²) in [5.41, 5.74) is 10.2. The second-order valence-electron chi connectivity index (χ2n) is 5.47. The summed E-state index contributed by atoms with van der Waals surface area (Å²) < 4.78 is 0.